The molecule has 14 heavy (non-hydrogen) atoms. The van der Waals surface area contributed by atoms with E-state index >= 15 is 0 Å². The average molecular weight is 200 g/mol. The van der Waals surface area contributed by atoms with Crippen LogP contribution in [-0.2, 0) is 4.74 Å². The van der Waals surface area contributed by atoms with E-state index in [1.807, 2.05) is 0 Å². The highest BCUT2D eigenvalue weighted by molar-refractivity contribution is 4.90. The van der Waals surface area contributed by atoms with Crippen LogP contribution in [0.4, 0.5) is 0 Å². The van der Waals surface area contributed by atoms with E-state index < -0.39 is 0 Å². The summed E-state index contributed by atoms with van der Waals surface area (Å²) < 4.78 is 5.30. The molecule has 4 heteroatoms. The third kappa shape index (κ3) is 2.08. The lowest BCUT2D eigenvalue weighted by Gasteiger charge is -2.41. The Kier molecular flexibility index (Phi) is 3.38. The molecule has 2 fully saturated rings. The summed E-state index contributed by atoms with van der Waals surface area (Å²) >= 11 is 0. The minimum Gasteiger partial charge on any atom is -0.390 e. The zero-order valence-electron chi connectivity index (χ0n) is 8.56. The van der Waals surface area contributed by atoms with Crippen LogP contribution in [0, 0.1) is 0 Å². The standard InChI is InChI=1S/C10H20N2O2/c11-8-2-1-3-9(10(8)13)12-4-6-14-7-5-12/h8-10,13H,1-7,11H2/t8-,9-,10-/m1/s1. The Labute approximate surface area is 85.0 Å². The van der Waals surface area contributed by atoms with Gasteiger partial charge in [0.2, 0.25) is 0 Å². The Morgan fingerprint density at radius 2 is 1.93 bits per heavy atom. The molecule has 0 spiro atoms. The predicted octanol–water partition coefficient (Wildman–Crippen LogP) is -0.441. The van der Waals surface area contributed by atoms with E-state index in [0.717, 1.165) is 45.6 Å². The molecule has 0 amide bonds. The van der Waals surface area contributed by atoms with Gasteiger partial charge in [-0.05, 0) is 12.8 Å². The quantitative estimate of drug-likeness (QED) is 0.602. The van der Waals surface area contributed by atoms with Crippen molar-refractivity contribution in [3.05, 3.63) is 0 Å². The Hall–Kier alpha value is -0.160. The molecule has 82 valence electrons. The normalized spacial score (nSPS) is 41.1. The molecule has 0 aromatic heterocycles. The molecule has 2 rings (SSSR count). The fourth-order valence-electron chi connectivity index (χ4n) is 2.50. The van der Waals surface area contributed by atoms with Crippen LogP contribution in [0.2, 0.25) is 0 Å². The molecule has 0 unspecified atom stereocenters. The maximum atomic E-state index is 9.98. The lowest BCUT2D eigenvalue weighted by molar-refractivity contribution is -0.0420. The Morgan fingerprint density at radius 1 is 1.21 bits per heavy atom. The third-order valence-electron chi connectivity index (χ3n) is 3.38. The summed E-state index contributed by atoms with van der Waals surface area (Å²) in [5.41, 5.74) is 5.87. The second kappa shape index (κ2) is 4.57. The van der Waals surface area contributed by atoms with Gasteiger partial charge in [-0.1, -0.05) is 6.42 Å². The molecule has 0 aromatic rings. The van der Waals surface area contributed by atoms with E-state index in [0.29, 0.717) is 0 Å². The van der Waals surface area contributed by atoms with Gasteiger partial charge in [-0.2, -0.15) is 0 Å². The lowest BCUT2D eigenvalue weighted by Crippen LogP contribution is -2.56. The van der Waals surface area contributed by atoms with Gasteiger partial charge in [-0.25, -0.2) is 0 Å². The van der Waals surface area contributed by atoms with Crippen LogP contribution in [-0.4, -0.2) is 54.5 Å². The van der Waals surface area contributed by atoms with Gasteiger partial charge in [-0.3, -0.25) is 4.90 Å². The lowest BCUT2D eigenvalue weighted by atomic mass is 9.87. The molecule has 0 radical (unpaired) electrons. The van der Waals surface area contributed by atoms with Gasteiger partial charge >= 0.3 is 0 Å². The molecule has 2 aliphatic rings. The van der Waals surface area contributed by atoms with Gasteiger partial charge in [0.15, 0.2) is 0 Å². The van der Waals surface area contributed by atoms with Crippen molar-refractivity contribution in [2.24, 2.45) is 5.73 Å². The minimum absolute atomic E-state index is 0.0309. The monoisotopic (exact) mass is 200 g/mol. The van der Waals surface area contributed by atoms with Crippen molar-refractivity contribution in [2.75, 3.05) is 26.3 Å². The molecule has 0 aromatic carbocycles. The van der Waals surface area contributed by atoms with Crippen molar-refractivity contribution in [1.29, 1.82) is 0 Å². The first-order chi connectivity index (χ1) is 6.79. The van der Waals surface area contributed by atoms with Crippen molar-refractivity contribution in [1.82, 2.24) is 4.90 Å². The van der Waals surface area contributed by atoms with Crippen LogP contribution in [0.1, 0.15) is 19.3 Å². The van der Waals surface area contributed by atoms with Gasteiger partial charge in [0.25, 0.3) is 0 Å². The number of nitrogens with zero attached hydrogens (tertiary/aromatic N) is 1. The number of nitrogens with two attached hydrogens (primary N) is 1. The van der Waals surface area contributed by atoms with Crippen LogP contribution < -0.4 is 5.73 Å². The van der Waals surface area contributed by atoms with Crippen molar-refractivity contribution in [2.45, 2.75) is 37.5 Å². The first kappa shape index (κ1) is 10.4. The number of hydrogen-bond donors (Lipinski definition) is 2. The topological polar surface area (TPSA) is 58.7 Å². The smallest absolute Gasteiger partial charge is 0.0845 e. The fraction of sp³-hybridized carbons (Fsp3) is 1.00. The van der Waals surface area contributed by atoms with Crippen molar-refractivity contribution < 1.29 is 9.84 Å². The number of aliphatic hydroxyl groups excluding tert-OH is 1. The van der Waals surface area contributed by atoms with Crippen LogP contribution in [0.25, 0.3) is 0 Å². The number of rotatable bonds is 1. The highest BCUT2D eigenvalue weighted by Gasteiger charge is 2.33. The summed E-state index contributed by atoms with van der Waals surface area (Å²) in [4.78, 5) is 2.33. The molecule has 1 heterocycles. The highest BCUT2D eigenvalue weighted by Crippen LogP contribution is 2.23. The Balaban J connectivity index is 1.93. The number of ether oxygens (including phenoxy) is 1. The minimum atomic E-state index is -0.346. The SMILES string of the molecule is N[C@@H]1CCC[C@@H](N2CCOCC2)[C@@H]1O. The number of aliphatic hydroxyl groups is 1. The fourth-order valence-corrected chi connectivity index (χ4v) is 2.50. The second-order valence-electron chi connectivity index (χ2n) is 4.30. The van der Waals surface area contributed by atoms with E-state index in [9.17, 15) is 5.11 Å². The van der Waals surface area contributed by atoms with E-state index in [2.05, 4.69) is 4.90 Å². The van der Waals surface area contributed by atoms with Crippen molar-refractivity contribution >= 4 is 0 Å². The van der Waals surface area contributed by atoms with Crippen molar-refractivity contribution in [3.63, 3.8) is 0 Å². The van der Waals surface area contributed by atoms with Crippen molar-refractivity contribution in [3.8, 4) is 0 Å². The summed E-state index contributed by atoms with van der Waals surface area (Å²) in [6.07, 6.45) is 2.83. The molecular formula is C10H20N2O2. The third-order valence-corrected chi connectivity index (χ3v) is 3.38. The molecule has 3 atom stereocenters. The van der Waals surface area contributed by atoms with Gasteiger partial charge in [-0.15, -0.1) is 0 Å². The summed E-state index contributed by atoms with van der Waals surface area (Å²) in [6, 6.07) is 0.235. The number of hydrogen-bond acceptors (Lipinski definition) is 4. The average Bonchev–Trinajstić information content (AvgIpc) is 2.23. The van der Waals surface area contributed by atoms with Gasteiger partial charge in [0, 0.05) is 25.2 Å². The summed E-state index contributed by atoms with van der Waals surface area (Å²) in [6.45, 7) is 3.46. The summed E-state index contributed by atoms with van der Waals surface area (Å²) in [7, 11) is 0. The zero-order valence-corrected chi connectivity index (χ0v) is 8.56. The number of morpholine rings is 1. The molecule has 4 nitrogen and oxygen atoms in total. The van der Waals surface area contributed by atoms with Gasteiger partial charge < -0.3 is 15.6 Å². The molecule has 0 bridgehead atoms. The first-order valence-electron chi connectivity index (χ1n) is 5.54. The zero-order chi connectivity index (χ0) is 9.97. The molecule has 3 N–H and O–H groups in total. The maximum absolute atomic E-state index is 9.98. The molecular weight excluding hydrogens is 180 g/mol. The van der Waals surface area contributed by atoms with E-state index in [1.165, 1.54) is 0 Å². The highest BCUT2D eigenvalue weighted by atomic mass is 16.5. The molecule has 1 aliphatic carbocycles. The van der Waals surface area contributed by atoms with E-state index in [-0.39, 0.29) is 18.2 Å². The maximum Gasteiger partial charge on any atom is 0.0845 e. The summed E-state index contributed by atoms with van der Waals surface area (Å²) in [5.74, 6) is 0. The van der Waals surface area contributed by atoms with Crippen LogP contribution in [0.15, 0.2) is 0 Å². The predicted molar refractivity (Wildman–Crippen MR) is 54.0 cm³/mol. The van der Waals surface area contributed by atoms with Gasteiger partial charge in [0.1, 0.15) is 0 Å². The van der Waals surface area contributed by atoms with Crippen LogP contribution >= 0.6 is 0 Å². The Bertz CT molecular complexity index is 183. The van der Waals surface area contributed by atoms with E-state index in [1.54, 1.807) is 0 Å². The largest absolute Gasteiger partial charge is 0.390 e. The van der Waals surface area contributed by atoms with Gasteiger partial charge in [0.05, 0.1) is 19.3 Å². The first-order valence-corrected chi connectivity index (χ1v) is 5.54. The van der Waals surface area contributed by atoms with Crippen LogP contribution in [0.3, 0.4) is 0 Å². The molecule has 1 saturated carbocycles. The van der Waals surface area contributed by atoms with E-state index in [4.69, 9.17) is 10.5 Å². The molecule has 1 aliphatic heterocycles. The van der Waals surface area contributed by atoms with Crippen LogP contribution in [0.5, 0.6) is 0 Å². The second-order valence-corrected chi connectivity index (χ2v) is 4.30. The molecule has 1 saturated heterocycles. The summed E-state index contributed by atoms with van der Waals surface area (Å²) in [5, 5.41) is 9.98. The Morgan fingerprint density at radius 3 is 2.64 bits per heavy atom.